The van der Waals surface area contributed by atoms with Gasteiger partial charge in [-0.2, -0.15) is 4.31 Å². The molecule has 0 saturated carbocycles. The van der Waals surface area contributed by atoms with Crippen molar-refractivity contribution in [3.8, 4) is 11.5 Å². The van der Waals surface area contributed by atoms with E-state index >= 15 is 0 Å². The number of ether oxygens (including phenoxy) is 2. The summed E-state index contributed by atoms with van der Waals surface area (Å²) >= 11 is 0. The standard InChI is InChI=1S/C17H24N2O5S/c1-2-14-5-3-4-9-19(14)25(21,22)10-8-18-17(20)13-6-7-15-16(11-13)24-12-23-15/h6-7,11,14H,2-5,8-10,12H2,1H3,(H,18,20)/t14-/m1/s1. The third kappa shape index (κ3) is 4.07. The van der Waals surface area contributed by atoms with Crippen molar-refractivity contribution in [1.82, 2.24) is 9.62 Å². The van der Waals surface area contributed by atoms with Crippen LogP contribution in [0.5, 0.6) is 11.5 Å². The summed E-state index contributed by atoms with van der Waals surface area (Å²) in [6, 6.07) is 5.00. The van der Waals surface area contributed by atoms with Gasteiger partial charge in [-0.05, 0) is 37.5 Å². The summed E-state index contributed by atoms with van der Waals surface area (Å²) < 4.78 is 37.2. The van der Waals surface area contributed by atoms with Crippen molar-refractivity contribution in [2.24, 2.45) is 0 Å². The van der Waals surface area contributed by atoms with Crippen LogP contribution in [0.15, 0.2) is 18.2 Å². The van der Waals surface area contributed by atoms with E-state index in [1.165, 1.54) is 0 Å². The first-order chi connectivity index (χ1) is 12.0. The average molecular weight is 368 g/mol. The number of hydrogen-bond donors (Lipinski definition) is 1. The van der Waals surface area contributed by atoms with Gasteiger partial charge < -0.3 is 14.8 Å². The second-order valence-corrected chi connectivity index (χ2v) is 8.35. The SMILES string of the molecule is CC[C@@H]1CCCCN1S(=O)(=O)CCNC(=O)c1ccc2c(c1)OCO2. The minimum atomic E-state index is -3.36. The van der Waals surface area contributed by atoms with Crippen molar-refractivity contribution < 1.29 is 22.7 Å². The average Bonchev–Trinajstić information content (AvgIpc) is 3.09. The number of amides is 1. The van der Waals surface area contributed by atoms with E-state index in [0.717, 1.165) is 25.7 Å². The van der Waals surface area contributed by atoms with Gasteiger partial charge in [0.15, 0.2) is 11.5 Å². The van der Waals surface area contributed by atoms with Gasteiger partial charge in [0.1, 0.15) is 0 Å². The van der Waals surface area contributed by atoms with Gasteiger partial charge in [0.25, 0.3) is 5.91 Å². The van der Waals surface area contributed by atoms with Crippen LogP contribution < -0.4 is 14.8 Å². The number of carbonyl (C=O) groups is 1. The predicted molar refractivity (Wildman–Crippen MR) is 93.3 cm³/mol. The third-order valence-corrected chi connectivity index (χ3v) is 6.60. The number of rotatable bonds is 6. The summed E-state index contributed by atoms with van der Waals surface area (Å²) in [5.74, 6) is 0.730. The fraction of sp³-hybridized carbons (Fsp3) is 0.588. The number of nitrogens with zero attached hydrogens (tertiary/aromatic N) is 1. The molecule has 0 radical (unpaired) electrons. The Kier molecular flexibility index (Phi) is 5.48. The molecule has 2 aliphatic heterocycles. The molecule has 7 nitrogen and oxygen atoms in total. The number of nitrogens with one attached hydrogen (secondary N) is 1. The fourth-order valence-corrected chi connectivity index (χ4v) is 5.01. The summed E-state index contributed by atoms with van der Waals surface area (Å²) in [7, 11) is -3.36. The first-order valence-corrected chi connectivity index (χ1v) is 10.3. The maximum atomic E-state index is 12.6. The van der Waals surface area contributed by atoms with Crippen LogP contribution in [-0.4, -0.2) is 50.3 Å². The van der Waals surface area contributed by atoms with Gasteiger partial charge in [0.05, 0.1) is 5.75 Å². The molecule has 0 aromatic heterocycles. The smallest absolute Gasteiger partial charge is 0.251 e. The molecular weight excluding hydrogens is 344 g/mol. The topological polar surface area (TPSA) is 84.9 Å². The molecular formula is C17H24N2O5S. The number of hydrogen-bond acceptors (Lipinski definition) is 5. The van der Waals surface area contributed by atoms with E-state index in [-0.39, 0.29) is 31.0 Å². The second-order valence-electron chi connectivity index (χ2n) is 6.31. The number of carbonyl (C=O) groups excluding carboxylic acids is 1. The van der Waals surface area contributed by atoms with Crippen molar-refractivity contribution in [1.29, 1.82) is 0 Å². The van der Waals surface area contributed by atoms with Gasteiger partial charge in [0, 0.05) is 24.7 Å². The van der Waals surface area contributed by atoms with Crippen molar-refractivity contribution in [2.45, 2.75) is 38.6 Å². The molecule has 25 heavy (non-hydrogen) atoms. The molecule has 1 saturated heterocycles. The maximum Gasteiger partial charge on any atom is 0.251 e. The molecule has 0 unspecified atom stereocenters. The molecule has 3 rings (SSSR count). The van der Waals surface area contributed by atoms with Crippen LogP contribution in [0.2, 0.25) is 0 Å². The Bertz CT molecular complexity index is 735. The van der Waals surface area contributed by atoms with E-state index in [0.29, 0.717) is 23.6 Å². The van der Waals surface area contributed by atoms with Crippen LogP contribution in [-0.2, 0) is 10.0 Å². The molecule has 1 aromatic carbocycles. The molecule has 2 heterocycles. The lowest BCUT2D eigenvalue weighted by molar-refractivity contribution is 0.0955. The zero-order valence-electron chi connectivity index (χ0n) is 14.4. The molecule has 0 aliphatic carbocycles. The molecule has 1 fully saturated rings. The molecule has 1 atom stereocenters. The maximum absolute atomic E-state index is 12.6. The van der Waals surface area contributed by atoms with E-state index in [2.05, 4.69) is 5.32 Å². The number of fused-ring (bicyclic) bond motifs is 1. The highest BCUT2D eigenvalue weighted by atomic mass is 32.2. The molecule has 0 spiro atoms. The van der Waals surface area contributed by atoms with Crippen molar-refractivity contribution in [3.63, 3.8) is 0 Å². The third-order valence-electron chi connectivity index (χ3n) is 4.68. The first-order valence-electron chi connectivity index (χ1n) is 8.68. The molecule has 1 amide bonds. The highest BCUT2D eigenvalue weighted by Crippen LogP contribution is 2.32. The van der Waals surface area contributed by atoms with Crippen molar-refractivity contribution in [2.75, 3.05) is 25.6 Å². The van der Waals surface area contributed by atoms with Crippen LogP contribution in [0.1, 0.15) is 43.0 Å². The number of sulfonamides is 1. The van der Waals surface area contributed by atoms with E-state index in [4.69, 9.17) is 9.47 Å². The predicted octanol–water partition coefficient (Wildman–Crippen LogP) is 1.74. The Morgan fingerprint density at radius 2 is 2.08 bits per heavy atom. The summed E-state index contributed by atoms with van der Waals surface area (Å²) in [6.07, 6.45) is 3.72. The van der Waals surface area contributed by atoms with Crippen LogP contribution in [0.25, 0.3) is 0 Å². The molecule has 8 heteroatoms. The highest BCUT2D eigenvalue weighted by Gasteiger charge is 2.30. The first kappa shape index (κ1) is 18.0. The van der Waals surface area contributed by atoms with Gasteiger partial charge in [-0.3, -0.25) is 4.79 Å². The van der Waals surface area contributed by atoms with Crippen molar-refractivity contribution in [3.05, 3.63) is 23.8 Å². The highest BCUT2D eigenvalue weighted by molar-refractivity contribution is 7.89. The van der Waals surface area contributed by atoms with Gasteiger partial charge >= 0.3 is 0 Å². The van der Waals surface area contributed by atoms with E-state index in [9.17, 15) is 13.2 Å². The quantitative estimate of drug-likeness (QED) is 0.827. The van der Waals surface area contributed by atoms with Gasteiger partial charge in [0.2, 0.25) is 16.8 Å². The lowest BCUT2D eigenvalue weighted by Crippen LogP contribution is -2.46. The zero-order valence-corrected chi connectivity index (χ0v) is 15.2. The molecule has 1 aromatic rings. The number of benzene rings is 1. The second kappa shape index (κ2) is 7.61. The Balaban J connectivity index is 1.55. The minimum absolute atomic E-state index is 0.0835. The normalized spacial score (nSPS) is 20.4. The zero-order chi connectivity index (χ0) is 17.9. The van der Waals surface area contributed by atoms with Crippen molar-refractivity contribution >= 4 is 15.9 Å². The van der Waals surface area contributed by atoms with Gasteiger partial charge in [-0.1, -0.05) is 13.3 Å². The van der Waals surface area contributed by atoms with E-state index in [1.807, 2.05) is 6.92 Å². The minimum Gasteiger partial charge on any atom is -0.454 e. The van der Waals surface area contributed by atoms with Gasteiger partial charge in [-0.15, -0.1) is 0 Å². The lowest BCUT2D eigenvalue weighted by atomic mass is 10.0. The summed E-state index contributed by atoms with van der Waals surface area (Å²) in [5.41, 5.74) is 0.422. The van der Waals surface area contributed by atoms with Crippen LogP contribution in [0.4, 0.5) is 0 Å². The molecule has 2 aliphatic rings. The molecule has 138 valence electrons. The molecule has 0 bridgehead atoms. The van der Waals surface area contributed by atoms with Crippen LogP contribution in [0, 0.1) is 0 Å². The van der Waals surface area contributed by atoms with E-state index < -0.39 is 10.0 Å². The number of piperidine rings is 1. The summed E-state index contributed by atoms with van der Waals surface area (Å²) in [6.45, 7) is 2.83. The largest absolute Gasteiger partial charge is 0.454 e. The molecule has 1 N–H and O–H groups in total. The fourth-order valence-electron chi connectivity index (χ4n) is 3.30. The lowest BCUT2D eigenvalue weighted by Gasteiger charge is -2.34. The van der Waals surface area contributed by atoms with Crippen LogP contribution >= 0.6 is 0 Å². The summed E-state index contributed by atoms with van der Waals surface area (Å²) in [4.78, 5) is 12.2. The van der Waals surface area contributed by atoms with E-state index in [1.54, 1.807) is 22.5 Å². The van der Waals surface area contributed by atoms with Crippen LogP contribution in [0.3, 0.4) is 0 Å². The Morgan fingerprint density at radius 3 is 2.88 bits per heavy atom. The summed E-state index contributed by atoms with van der Waals surface area (Å²) in [5, 5.41) is 2.68. The van der Waals surface area contributed by atoms with Gasteiger partial charge in [-0.25, -0.2) is 8.42 Å². The Morgan fingerprint density at radius 1 is 1.28 bits per heavy atom. The Hall–Kier alpha value is -1.80. The monoisotopic (exact) mass is 368 g/mol. The Labute approximate surface area is 148 Å².